The summed E-state index contributed by atoms with van der Waals surface area (Å²) in [6.45, 7) is 2.52. The maximum absolute atomic E-state index is 12.5. The van der Waals surface area contributed by atoms with Crippen LogP contribution >= 0.6 is 0 Å². The van der Waals surface area contributed by atoms with Crippen molar-refractivity contribution in [2.24, 2.45) is 5.92 Å². The summed E-state index contributed by atoms with van der Waals surface area (Å²) in [5.41, 5.74) is 4.59. The minimum Gasteiger partial charge on any atom is -0.481 e. The summed E-state index contributed by atoms with van der Waals surface area (Å²) in [5, 5.41) is 14.8. The Morgan fingerprint density at radius 3 is 2.31 bits per heavy atom. The number of aliphatic carboxylic acids is 1. The first kappa shape index (κ1) is 24.7. The topological polar surface area (TPSA) is 114 Å². The molecule has 2 aliphatic carbocycles. The molecular weight excluding hydrogens is 448 g/mol. The predicted octanol–water partition coefficient (Wildman–Crippen LogP) is 3.69. The minimum atomic E-state index is -0.883. The number of amides is 2. The van der Waals surface area contributed by atoms with E-state index in [2.05, 4.69) is 34.9 Å². The Labute approximate surface area is 205 Å². The van der Waals surface area contributed by atoms with Gasteiger partial charge in [-0.3, -0.25) is 9.59 Å². The van der Waals surface area contributed by atoms with Crippen LogP contribution in [0.3, 0.4) is 0 Å². The van der Waals surface area contributed by atoms with Crippen molar-refractivity contribution in [2.75, 3.05) is 19.8 Å². The molecule has 186 valence electrons. The number of carboxylic acids is 1. The number of carboxylic acid groups (broad SMARTS) is 1. The molecule has 1 fully saturated rings. The van der Waals surface area contributed by atoms with E-state index in [9.17, 15) is 19.5 Å². The number of benzene rings is 2. The molecule has 0 heterocycles. The van der Waals surface area contributed by atoms with Crippen molar-refractivity contribution >= 4 is 18.0 Å². The van der Waals surface area contributed by atoms with Crippen molar-refractivity contribution in [3.05, 3.63) is 59.7 Å². The molecular formula is C27H32N2O6. The van der Waals surface area contributed by atoms with Gasteiger partial charge in [0.15, 0.2) is 0 Å². The van der Waals surface area contributed by atoms with E-state index >= 15 is 0 Å². The molecule has 0 bridgehead atoms. The van der Waals surface area contributed by atoms with Crippen LogP contribution in [-0.2, 0) is 19.1 Å². The molecule has 0 aliphatic heterocycles. The lowest BCUT2D eigenvalue weighted by Gasteiger charge is -2.21. The number of nitrogens with one attached hydrogen (secondary N) is 2. The van der Waals surface area contributed by atoms with Crippen molar-refractivity contribution < 1.29 is 29.0 Å². The lowest BCUT2D eigenvalue weighted by Crippen LogP contribution is -2.43. The molecule has 1 unspecified atom stereocenters. The van der Waals surface area contributed by atoms with E-state index in [0.29, 0.717) is 19.4 Å². The maximum atomic E-state index is 12.5. The third-order valence-corrected chi connectivity index (χ3v) is 6.81. The van der Waals surface area contributed by atoms with Gasteiger partial charge in [0.1, 0.15) is 6.61 Å². The van der Waals surface area contributed by atoms with Gasteiger partial charge in [-0.1, -0.05) is 55.0 Å². The van der Waals surface area contributed by atoms with Crippen molar-refractivity contribution in [2.45, 2.75) is 50.7 Å². The molecule has 2 aromatic rings. The number of carbonyl (C=O) groups excluding carboxylic acids is 2. The molecule has 3 N–H and O–H groups in total. The average molecular weight is 481 g/mol. The van der Waals surface area contributed by atoms with Crippen LogP contribution in [0.1, 0.15) is 49.7 Å². The molecule has 0 saturated heterocycles. The number of carbonyl (C=O) groups is 3. The summed E-state index contributed by atoms with van der Waals surface area (Å²) in [6, 6.07) is 15.9. The highest BCUT2D eigenvalue weighted by atomic mass is 16.5. The van der Waals surface area contributed by atoms with E-state index in [-0.39, 0.29) is 37.4 Å². The van der Waals surface area contributed by atoms with Crippen molar-refractivity contribution in [1.29, 1.82) is 0 Å². The highest BCUT2D eigenvalue weighted by molar-refractivity contribution is 5.80. The number of hydrogen-bond donors (Lipinski definition) is 3. The molecule has 3 atom stereocenters. The van der Waals surface area contributed by atoms with Gasteiger partial charge in [-0.2, -0.15) is 0 Å². The van der Waals surface area contributed by atoms with Gasteiger partial charge in [0.25, 0.3) is 0 Å². The number of rotatable bonds is 10. The molecule has 0 aromatic heterocycles. The Hall–Kier alpha value is -3.39. The van der Waals surface area contributed by atoms with Crippen LogP contribution in [0.2, 0.25) is 0 Å². The molecule has 0 spiro atoms. The molecule has 1 saturated carbocycles. The Morgan fingerprint density at radius 1 is 1.03 bits per heavy atom. The smallest absolute Gasteiger partial charge is 0.407 e. The predicted molar refractivity (Wildman–Crippen MR) is 130 cm³/mol. The second-order valence-corrected chi connectivity index (χ2v) is 9.04. The Bertz CT molecular complexity index is 1030. The fraction of sp³-hybridized carbons (Fsp3) is 0.444. The summed E-state index contributed by atoms with van der Waals surface area (Å²) in [5.74, 6) is -1.75. The lowest BCUT2D eigenvalue weighted by molar-refractivity contribution is -0.142. The average Bonchev–Trinajstić information content (AvgIpc) is 3.44. The second kappa shape index (κ2) is 11.4. The monoisotopic (exact) mass is 480 g/mol. The van der Waals surface area contributed by atoms with Crippen LogP contribution in [0.15, 0.2) is 48.5 Å². The third-order valence-electron chi connectivity index (χ3n) is 6.81. The highest BCUT2D eigenvalue weighted by Crippen LogP contribution is 2.44. The number of hydrogen-bond acceptors (Lipinski definition) is 5. The molecule has 35 heavy (non-hydrogen) atoms. The number of alkyl carbamates (subject to hydrolysis) is 1. The van der Waals surface area contributed by atoms with E-state index in [4.69, 9.17) is 9.47 Å². The Morgan fingerprint density at radius 2 is 1.69 bits per heavy atom. The zero-order valence-electron chi connectivity index (χ0n) is 19.9. The van der Waals surface area contributed by atoms with Gasteiger partial charge in [-0.25, -0.2) is 4.79 Å². The van der Waals surface area contributed by atoms with E-state index < -0.39 is 24.1 Å². The second-order valence-electron chi connectivity index (χ2n) is 9.04. The standard InChI is InChI=1S/C27H32N2O6/c1-2-34-17(14-25(30)29-24-13-7-12-22(24)26(31)32)15-28-27(33)35-16-23-20-10-5-3-8-18(20)19-9-4-6-11-21(19)23/h3-6,8-11,17,22-24H,2,7,12-16H2,1H3,(H,28,33)(H,29,30)(H,31,32)/t17?,22-,24+/m1/s1. The van der Waals surface area contributed by atoms with Gasteiger partial charge in [-0.05, 0) is 42.0 Å². The van der Waals surface area contributed by atoms with Gasteiger partial charge in [0.2, 0.25) is 5.91 Å². The molecule has 8 heteroatoms. The molecule has 2 aliphatic rings. The zero-order valence-corrected chi connectivity index (χ0v) is 19.9. The fourth-order valence-corrected chi connectivity index (χ4v) is 5.17. The van der Waals surface area contributed by atoms with Gasteiger partial charge < -0.3 is 25.2 Å². The van der Waals surface area contributed by atoms with Crippen LogP contribution in [-0.4, -0.2) is 55.0 Å². The minimum absolute atomic E-state index is 0.0281. The summed E-state index contributed by atoms with van der Waals surface area (Å²) >= 11 is 0. The first-order valence-electron chi connectivity index (χ1n) is 12.2. The van der Waals surface area contributed by atoms with Gasteiger partial charge in [-0.15, -0.1) is 0 Å². The van der Waals surface area contributed by atoms with E-state index in [0.717, 1.165) is 28.7 Å². The van der Waals surface area contributed by atoms with Crippen molar-refractivity contribution in [3.8, 4) is 11.1 Å². The SMILES string of the molecule is CCOC(CNC(=O)OCC1c2ccccc2-c2ccccc21)CC(=O)N[C@H]1CCC[C@H]1C(=O)O. The van der Waals surface area contributed by atoms with Crippen LogP contribution in [0.5, 0.6) is 0 Å². The number of fused-ring (bicyclic) bond motifs is 3. The van der Waals surface area contributed by atoms with Gasteiger partial charge in [0, 0.05) is 25.1 Å². The maximum Gasteiger partial charge on any atom is 0.407 e. The molecule has 0 radical (unpaired) electrons. The van der Waals surface area contributed by atoms with E-state index in [1.54, 1.807) is 0 Å². The third kappa shape index (κ3) is 5.82. The van der Waals surface area contributed by atoms with Crippen molar-refractivity contribution in [1.82, 2.24) is 10.6 Å². The summed E-state index contributed by atoms with van der Waals surface area (Å²) in [4.78, 5) is 36.3. The lowest BCUT2D eigenvalue weighted by atomic mass is 9.98. The summed E-state index contributed by atoms with van der Waals surface area (Å²) in [7, 11) is 0. The van der Waals surface area contributed by atoms with Crippen LogP contribution < -0.4 is 10.6 Å². The van der Waals surface area contributed by atoms with Crippen LogP contribution in [0.4, 0.5) is 4.79 Å². The molecule has 4 rings (SSSR count). The quantitative estimate of drug-likeness (QED) is 0.478. The van der Waals surface area contributed by atoms with E-state index in [1.165, 1.54) is 0 Å². The first-order chi connectivity index (χ1) is 17.0. The van der Waals surface area contributed by atoms with E-state index in [1.807, 2.05) is 31.2 Å². The summed E-state index contributed by atoms with van der Waals surface area (Å²) in [6.07, 6.45) is 0.919. The fourth-order valence-electron chi connectivity index (χ4n) is 5.17. The van der Waals surface area contributed by atoms with Gasteiger partial charge in [0.05, 0.1) is 18.4 Å². The Kier molecular flexibility index (Phi) is 8.02. The molecule has 8 nitrogen and oxygen atoms in total. The first-order valence-corrected chi connectivity index (χ1v) is 12.2. The normalized spacial score (nSPS) is 19.5. The highest BCUT2D eigenvalue weighted by Gasteiger charge is 2.34. The number of ether oxygens (including phenoxy) is 2. The zero-order chi connectivity index (χ0) is 24.8. The van der Waals surface area contributed by atoms with Crippen LogP contribution in [0, 0.1) is 5.92 Å². The van der Waals surface area contributed by atoms with Gasteiger partial charge >= 0.3 is 12.1 Å². The van der Waals surface area contributed by atoms with Crippen LogP contribution in [0.25, 0.3) is 11.1 Å². The Balaban J connectivity index is 1.28. The summed E-state index contributed by atoms with van der Waals surface area (Å²) < 4.78 is 11.2. The van der Waals surface area contributed by atoms with Crippen molar-refractivity contribution in [3.63, 3.8) is 0 Å². The molecule has 2 amide bonds. The molecule has 2 aromatic carbocycles. The largest absolute Gasteiger partial charge is 0.481 e.